The number of carboxylic acid groups (broad SMARTS) is 1. The number of nitrogens with two attached hydrogens (primary N) is 1. The van der Waals surface area contributed by atoms with E-state index in [2.05, 4.69) is 4.90 Å². The number of nitrogens with zero attached hydrogens (tertiary/aromatic N) is 3. The molecule has 2 aliphatic rings. The van der Waals surface area contributed by atoms with E-state index in [9.17, 15) is 14.7 Å². The largest absolute Gasteiger partial charge is 0.487 e. The summed E-state index contributed by atoms with van der Waals surface area (Å²) in [6.45, 7) is 3.17. The maximum Gasteiger partial charge on any atom is 0.341 e. The van der Waals surface area contributed by atoms with E-state index in [1.807, 2.05) is 29.2 Å². The third-order valence-electron chi connectivity index (χ3n) is 5.91. The van der Waals surface area contributed by atoms with Crippen LogP contribution in [0.5, 0.6) is 5.75 Å². The summed E-state index contributed by atoms with van der Waals surface area (Å²) in [5.74, 6) is -1.61. The third-order valence-corrected chi connectivity index (χ3v) is 5.91. The van der Waals surface area contributed by atoms with Crippen molar-refractivity contribution in [1.82, 2.24) is 4.57 Å². The average Bonchev–Trinajstić information content (AvgIpc) is 2.76. The highest BCUT2D eigenvalue weighted by Gasteiger charge is 2.29. The van der Waals surface area contributed by atoms with Crippen LogP contribution in [-0.4, -0.2) is 48.4 Å². The molecule has 0 atom stereocenters. The van der Waals surface area contributed by atoms with Gasteiger partial charge in [0.1, 0.15) is 17.9 Å². The number of aromatic nitrogens is 1. The monoisotopic (exact) mass is 424 g/mol. The quantitative estimate of drug-likeness (QED) is 0.621. The van der Waals surface area contributed by atoms with Crippen LogP contribution < -0.4 is 25.7 Å². The van der Waals surface area contributed by atoms with Crippen LogP contribution in [0.25, 0.3) is 10.9 Å². The molecule has 0 spiro atoms. The molecule has 1 aromatic heterocycles. The molecule has 2 aliphatic heterocycles. The van der Waals surface area contributed by atoms with E-state index >= 15 is 4.39 Å². The number of nitrogen functional groups attached to an aromatic ring is 1. The highest BCUT2D eigenvalue weighted by Crippen LogP contribution is 2.40. The van der Waals surface area contributed by atoms with Gasteiger partial charge in [-0.3, -0.25) is 4.79 Å². The molecule has 9 heteroatoms. The number of halogens is 1. The van der Waals surface area contributed by atoms with Gasteiger partial charge in [-0.2, -0.15) is 0 Å². The molecule has 3 heterocycles. The van der Waals surface area contributed by atoms with Gasteiger partial charge in [0.2, 0.25) is 5.43 Å². The summed E-state index contributed by atoms with van der Waals surface area (Å²) in [6, 6.07) is 8.78. The molecule has 2 aromatic carbocycles. The zero-order chi connectivity index (χ0) is 21.7. The zero-order valence-electron chi connectivity index (χ0n) is 16.7. The average molecular weight is 424 g/mol. The van der Waals surface area contributed by atoms with Gasteiger partial charge in [-0.05, 0) is 30.3 Å². The summed E-state index contributed by atoms with van der Waals surface area (Å²) in [5, 5.41) is 9.36. The molecule has 31 heavy (non-hydrogen) atoms. The lowest BCUT2D eigenvalue weighted by Gasteiger charge is -2.38. The van der Waals surface area contributed by atoms with Crippen molar-refractivity contribution in [2.75, 3.05) is 48.3 Å². The summed E-state index contributed by atoms with van der Waals surface area (Å²) in [6.07, 6.45) is 1.32. The molecule has 8 nitrogen and oxygen atoms in total. The van der Waals surface area contributed by atoms with Gasteiger partial charge in [-0.25, -0.2) is 9.18 Å². The van der Waals surface area contributed by atoms with E-state index in [1.54, 1.807) is 4.57 Å². The van der Waals surface area contributed by atoms with Crippen molar-refractivity contribution in [1.29, 1.82) is 0 Å². The molecule has 0 aliphatic carbocycles. The molecule has 160 valence electrons. The molecule has 0 bridgehead atoms. The van der Waals surface area contributed by atoms with Gasteiger partial charge in [0, 0.05) is 43.8 Å². The predicted octanol–water partition coefficient (Wildman–Crippen LogP) is 2.14. The van der Waals surface area contributed by atoms with Crippen LogP contribution in [0.4, 0.5) is 21.5 Å². The molecular weight excluding hydrogens is 403 g/mol. The van der Waals surface area contributed by atoms with Gasteiger partial charge in [0.25, 0.3) is 0 Å². The second-order valence-corrected chi connectivity index (χ2v) is 7.72. The number of piperazine rings is 1. The number of ether oxygens (including phenoxy) is 1. The SMILES string of the molecule is Nc1ccc(N2CCN(c3c(F)cc4c(=O)c(C(=O)O)cn5c4c3OCC5)CC2)cc1. The number of pyridine rings is 1. The van der Waals surface area contributed by atoms with Crippen molar-refractivity contribution in [3.8, 4) is 5.75 Å². The lowest BCUT2D eigenvalue weighted by molar-refractivity contribution is 0.0694. The Morgan fingerprint density at radius 1 is 1.06 bits per heavy atom. The molecule has 0 radical (unpaired) electrons. The van der Waals surface area contributed by atoms with E-state index in [-0.39, 0.29) is 17.6 Å². The highest BCUT2D eigenvalue weighted by atomic mass is 19.1. The first kappa shape index (κ1) is 19.2. The van der Waals surface area contributed by atoms with Crippen LogP contribution in [-0.2, 0) is 6.54 Å². The molecule has 5 rings (SSSR count). The number of benzene rings is 2. The first-order valence-electron chi connectivity index (χ1n) is 10.0. The van der Waals surface area contributed by atoms with Gasteiger partial charge in [-0.1, -0.05) is 0 Å². The minimum Gasteiger partial charge on any atom is -0.487 e. The topological polar surface area (TPSA) is 101 Å². The maximum absolute atomic E-state index is 15.2. The Bertz CT molecular complexity index is 1250. The van der Waals surface area contributed by atoms with E-state index in [1.165, 1.54) is 6.20 Å². The first-order chi connectivity index (χ1) is 14.9. The van der Waals surface area contributed by atoms with Crippen LogP contribution >= 0.6 is 0 Å². The van der Waals surface area contributed by atoms with Crippen LogP contribution in [0, 0.1) is 5.82 Å². The minimum atomic E-state index is -1.33. The lowest BCUT2D eigenvalue weighted by Crippen LogP contribution is -2.47. The Hall–Kier alpha value is -3.75. The molecule has 0 saturated carbocycles. The van der Waals surface area contributed by atoms with Crippen molar-refractivity contribution in [3.63, 3.8) is 0 Å². The molecular formula is C22H21FN4O4. The molecule has 3 aromatic rings. The fourth-order valence-electron chi connectivity index (χ4n) is 4.37. The molecule has 3 N–H and O–H groups in total. The first-order valence-corrected chi connectivity index (χ1v) is 10.0. The summed E-state index contributed by atoms with van der Waals surface area (Å²) in [4.78, 5) is 28.2. The van der Waals surface area contributed by atoms with Crippen molar-refractivity contribution in [3.05, 3.63) is 58.1 Å². The van der Waals surface area contributed by atoms with Crippen LogP contribution in [0.3, 0.4) is 0 Å². The minimum absolute atomic E-state index is 0.0244. The molecule has 1 saturated heterocycles. The molecule has 0 amide bonds. The van der Waals surface area contributed by atoms with E-state index < -0.39 is 17.2 Å². The van der Waals surface area contributed by atoms with Gasteiger partial charge >= 0.3 is 5.97 Å². The van der Waals surface area contributed by atoms with Gasteiger partial charge in [0.05, 0.1) is 17.4 Å². The normalized spacial score (nSPS) is 15.8. The second-order valence-electron chi connectivity index (χ2n) is 7.72. The zero-order valence-corrected chi connectivity index (χ0v) is 16.7. The van der Waals surface area contributed by atoms with Gasteiger partial charge in [0.15, 0.2) is 11.6 Å². The Balaban J connectivity index is 1.53. The fraction of sp³-hybridized carbons (Fsp3) is 0.273. The van der Waals surface area contributed by atoms with Crippen LogP contribution in [0.15, 0.2) is 41.3 Å². The Labute approximate surface area is 176 Å². The fourth-order valence-corrected chi connectivity index (χ4v) is 4.37. The lowest BCUT2D eigenvalue weighted by atomic mass is 10.1. The van der Waals surface area contributed by atoms with Gasteiger partial charge < -0.3 is 29.9 Å². The second kappa shape index (κ2) is 7.19. The highest BCUT2D eigenvalue weighted by molar-refractivity contribution is 5.97. The summed E-state index contributed by atoms with van der Waals surface area (Å²) >= 11 is 0. The van der Waals surface area contributed by atoms with Crippen molar-refractivity contribution in [2.24, 2.45) is 0 Å². The number of anilines is 3. The number of carboxylic acids is 1. The van der Waals surface area contributed by atoms with Crippen LogP contribution in [0.1, 0.15) is 10.4 Å². The number of hydrogen-bond donors (Lipinski definition) is 2. The van der Waals surface area contributed by atoms with E-state index in [0.717, 1.165) is 11.8 Å². The molecule has 1 fully saturated rings. The molecule has 0 unspecified atom stereocenters. The van der Waals surface area contributed by atoms with E-state index in [4.69, 9.17) is 10.5 Å². The number of aromatic carboxylic acids is 1. The maximum atomic E-state index is 15.2. The van der Waals surface area contributed by atoms with Crippen molar-refractivity contribution in [2.45, 2.75) is 6.54 Å². The van der Waals surface area contributed by atoms with Gasteiger partial charge in [-0.15, -0.1) is 0 Å². The van der Waals surface area contributed by atoms with E-state index in [0.29, 0.717) is 55.4 Å². The van der Waals surface area contributed by atoms with Crippen LogP contribution in [0.2, 0.25) is 0 Å². The summed E-state index contributed by atoms with van der Waals surface area (Å²) in [7, 11) is 0. The predicted molar refractivity (Wildman–Crippen MR) is 116 cm³/mol. The number of rotatable bonds is 3. The summed E-state index contributed by atoms with van der Waals surface area (Å²) < 4.78 is 22.7. The smallest absolute Gasteiger partial charge is 0.341 e. The number of hydrogen-bond acceptors (Lipinski definition) is 6. The standard InChI is InChI=1S/C22H21FN4O4/c23-17-11-15-18-21(31-10-9-27(18)12-16(20(15)28)22(29)30)19(17)26-7-5-25(6-8-26)14-3-1-13(24)2-4-14/h1-4,11-12H,5-10,24H2,(H,29,30). The Morgan fingerprint density at radius 3 is 2.42 bits per heavy atom. The summed E-state index contributed by atoms with van der Waals surface area (Å²) in [5.41, 5.74) is 7.21. The Morgan fingerprint density at radius 2 is 1.74 bits per heavy atom. The Kier molecular flexibility index (Phi) is 4.46. The third kappa shape index (κ3) is 3.13. The number of carbonyl (C=O) groups is 1. The van der Waals surface area contributed by atoms with Crippen molar-refractivity contribution >= 4 is 33.9 Å². The van der Waals surface area contributed by atoms with Crippen molar-refractivity contribution < 1.29 is 19.0 Å².